The van der Waals surface area contributed by atoms with Crippen LogP contribution in [0.4, 0.5) is 5.69 Å². The summed E-state index contributed by atoms with van der Waals surface area (Å²) in [6.45, 7) is 2.87. The zero-order valence-corrected chi connectivity index (χ0v) is 15.3. The smallest absolute Gasteiger partial charge is 0.243 e. The Morgan fingerprint density at radius 2 is 2.15 bits per heavy atom. The Bertz CT molecular complexity index is 926. The van der Waals surface area contributed by atoms with Crippen LogP contribution in [0, 0.1) is 0 Å². The van der Waals surface area contributed by atoms with Crippen LogP contribution in [0.1, 0.15) is 37.1 Å². The van der Waals surface area contributed by atoms with Crippen molar-refractivity contribution < 1.29 is 17.7 Å². The van der Waals surface area contributed by atoms with E-state index in [0.717, 1.165) is 24.8 Å². The van der Waals surface area contributed by atoms with E-state index in [2.05, 4.69) is 10.1 Å². The minimum absolute atomic E-state index is 0.0762. The number of fused-ring (bicyclic) bond motifs is 1. The first-order valence-electron chi connectivity index (χ1n) is 8.64. The maximum absolute atomic E-state index is 13.1. The molecule has 2 aliphatic rings. The highest BCUT2D eigenvalue weighted by atomic mass is 32.2. The standard InChI is InChI=1S/C17H20N4O4S/c1-12(22)21-8-6-13-4-5-15(9-16(13)21)26(23,24)20-7-2-3-14(10-20)17-18-11-19-25-17/h4-5,9,11,14H,2-3,6-8,10H2,1H3. The van der Waals surface area contributed by atoms with Crippen LogP contribution in [0.2, 0.25) is 0 Å². The lowest BCUT2D eigenvalue weighted by atomic mass is 10.00. The van der Waals surface area contributed by atoms with Gasteiger partial charge in [-0.1, -0.05) is 11.2 Å². The van der Waals surface area contributed by atoms with Gasteiger partial charge in [-0.25, -0.2) is 8.42 Å². The highest BCUT2D eigenvalue weighted by molar-refractivity contribution is 7.89. The van der Waals surface area contributed by atoms with E-state index in [0.29, 0.717) is 31.2 Å². The first-order chi connectivity index (χ1) is 12.5. The van der Waals surface area contributed by atoms with Gasteiger partial charge in [0.25, 0.3) is 0 Å². The number of sulfonamides is 1. The second kappa shape index (κ2) is 6.48. The first kappa shape index (κ1) is 17.2. The average Bonchev–Trinajstić information content (AvgIpc) is 3.31. The fourth-order valence-corrected chi connectivity index (χ4v) is 5.26. The molecule has 4 rings (SSSR count). The molecule has 2 aliphatic heterocycles. The zero-order valence-electron chi connectivity index (χ0n) is 14.5. The van der Waals surface area contributed by atoms with E-state index in [1.165, 1.54) is 17.6 Å². The van der Waals surface area contributed by atoms with Gasteiger partial charge in [-0.3, -0.25) is 4.79 Å². The molecule has 3 heterocycles. The van der Waals surface area contributed by atoms with Crippen molar-refractivity contribution in [3.05, 3.63) is 36.0 Å². The Hall–Kier alpha value is -2.26. The number of nitrogens with zero attached hydrogens (tertiary/aromatic N) is 4. The quantitative estimate of drug-likeness (QED) is 0.806. The molecule has 1 aromatic carbocycles. The molecule has 2 aromatic rings. The Balaban J connectivity index is 1.63. The number of amides is 1. The molecular weight excluding hydrogens is 356 g/mol. The van der Waals surface area contributed by atoms with Crippen molar-refractivity contribution in [3.63, 3.8) is 0 Å². The maximum atomic E-state index is 13.1. The summed E-state index contributed by atoms with van der Waals surface area (Å²) in [6.07, 6.45) is 3.63. The van der Waals surface area contributed by atoms with Crippen LogP contribution >= 0.6 is 0 Å². The van der Waals surface area contributed by atoms with E-state index >= 15 is 0 Å². The third-order valence-corrected chi connectivity index (χ3v) is 6.94. The zero-order chi connectivity index (χ0) is 18.3. The van der Waals surface area contributed by atoms with Gasteiger partial charge in [0, 0.05) is 32.2 Å². The SMILES string of the molecule is CC(=O)N1CCc2ccc(S(=O)(=O)N3CCCC(c4ncno4)C3)cc21. The molecule has 1 aromatic heterocycles. The Kier molecular flexibility index (Phi) is 4.28. The van der Waals surface area contributed by atoms with Crippen LogP contribution in [-0.2, 0) is 21.2 Å². The van der Waals surface area contributed by atoms with Crippen molar-refractivity contribution >= 4 is 21.6 Å². The molecule has 1 fully saturated rings. The molecule has 0 aliphatic carbocycles. The first-order valence-corrected chi connectivity index (χ1v) is 10.1. The number of piperidine rings is 1. The van der Waals surface area contributed by atoms with Gasteiger partial charge >= 0.3 is 0 Å². The van der Waals surface area contributed by atoms with Gasteiger partial charge in [0.2, 0.25) is 21.8 Å². The van der Waals surface area contributed by atoms with E-state index < -0.39 is 10.0 Å². The molecular formula is C17H20N4O4S. The van der Waals surface area contributed by atoms with Crippen LogP contribution < -0.4 is 4.90 Å². The van der Waals surface area contributed by atoms with Gasteiger partial charge < -0.3 is 9.42 Å². The Morgan fingerprint density at radius 1 is 1.31 bits per heavy atom. The van der Waals surface area contributed by atoms with E-state index in [4.69, 9.17) is 4.52 Å². The maximum Gasteiger partial charge on any atom is 0.243 e. The van der Waals surface area contributed by atoms with Gasteiger partial charge in [0.15, 0.2) is 6.33 Å². The number of carbonyl (C=O) groups excluding carboxylic acids is 1. The van der Waals surface area contributed by atoms with Crippen molar-refractivity contribution in [1.29, 1.82) is 0 Å². The highest BCUT2D eigenvalue weighted by Gasteiger charge is 2.34. The summed E-state index contributed by atoms with van der Waals surface area (Å²) >= 11 is 0. The molecule has 1 unspecified atom stereocenters. The molecule has 26 heavy (non-hydrogen) atoms. The van der Waals surface area contributed by atoms with Gasteiger partial charge in [-0.2, -0.15) is 9.29 Å². The third-order valence-electron chi connectivity index (χ3n) is 5.08. The van der Waals surface area contributed by atoms with E-state index in [1.807, 2.05) is 6.07 Å². The van der Waals surface area contributed by atoms with Gasteiger partial charge in [0.1, 0.15) is 0 Å². The minimum atomic E-state index is -3.65. The topological polar surface area (TPSA) is 96.6 Å². The lowest BCUT2D eigenvalue weighted by molar-refractivity contribution is -0.116. The van der Waals surface area contributed by atoms with Crippen molar-refractivity contribution in [2.75, 3.05) is 24.5 Å². The summed E-state index contributed by atoms with van der Waals surface area (Å²) in [5, 5.41) is 3.62. The molecule has 8 nitrogen and oxygen atoms in total. The summed E-state index contributed by atoms with van der Waals surface area (Å²) in [7, 11) is -3.65. The predicted octanol–water partition coefficient (Wildman–Crippen LogP) is 1.55. The molecule has 138 valence electrons. The largest absolute Gasteiger partial charge is 0.339 e. The van der Waals surface area contributed by atoms with E-state index in [-0.39, 0.29) is 16.7 Å². The molecule has 9 heteroatoms. The minimum Gasteiger partial charge on any atom is -0.339 e. The average molecular weight is 376 g/mol. The van der Waals surface area contributed by atoms with Crippen LogP contribution in [0.25, 0.3) is 0 Å². The monoisotopic (exact) mass is 376 g/mol. The summed E-state index contributed by atoms with van der Waals surface area (Å²) in [5.41, 5.74) is 1.70. The van der Waals surface area contributed by atoms with Gasteiger partial charge in [-0.15, -0.1) is 0 Å². The number of rotatable bonds is 3. The van der Waals surface area contributed by atoms with Crippen molar-refractivity contribution in [3.8, 4) is 0 Å². The molecule has 1 atom stereocenters. The number of anilines is 1. The highest BCUT2D eigenvalue weighted by Crippen LogP contribution is 2.33. The second-order valence-corrected chi connectivity index (χ2v) is 8.63. The molecule has 0 radical (unpaired) electrons. The number of hydrogen-bond donors (Lipinski definition) is 0. The summed E-state index contributed by atoms with van der Waals surface area (Å²) < 4.78 is 32.9. The van der Waals surface area contributed by atoms with Crippen LogP contribution in [0.15, 0.2) is 33.9 Å². The fraction of sp³-hybridized carbons (Fsp3) is 0.471. The second-order valence-electron chi connectivity index (χ2n) is 6.69. The molecule has 0 N–H and O–H groups in total. The van der Waals surface area contributed by atoms with Crippen molar-refractivity contribution in [2.24, 2.45) is 0 Å². The van der Waals surface area contributed by atoms with E-state index in [9.17, 15) is 13.2 Å². The van der Waals surface area contributed by atoms with Crippen molar-refractivity contribution in [1.82, 2.24) is 14.4 Å². The summed E-state index contributed by atoms with van der Waals surface area (Å²) in [4.78, 5) is 17.7. The normalized spacial score (nSPS) is 21.0. The summed E-state index contributed by atoms with van der Waals surface area (Å²) in [6, 6.07) is 5.06. The van der Waals surface area contributed by atoms with E-state index in [1.54, 1.807) is 17.0 Å². The van der Waals surface area contributed by atoms with Gasteiger partial charge in [-0.05, 0) is 37.0 Å². The number of aromatic nitrogens is 2. The molecule has 0 saturated carbocycles. The van der Waals surface area contributed by atoms with Crippen LogP contribution in [0.3, 0.4) is 0 Å². The van der Waals surface area contributed by atoms with Gasteiger partial charge in [0.05, 0.1) is 10.8 Å². The van der Waals surface area contributed by atoms with Crippen molar-refractivity contribution in [2.45, 2.75) is 37.0 Å². The van der Waals surface area contributed by atoms with Crippen LogP contribution in [0.5, 0.6) is 0 Å². The third kappa shape index (κ3) is 2.90. The van der Waals surface area contributed by atoms with Crippen LogP contribution in [-0.4, -0.2) is 48.4 Å². The number of hydrogen-bond acceptors (Lipinski definition) is 6. The Labute approximate surface area is 151 Å². The molecule has 0 spiro atoms. The fourth-order valence-electron chi connectivity index (χ4n) is 3.72. The predicted molar refractivity (Wildman–Crippen MR) is 93.2 cm³/mol. The number of benzene rings is 1. The Morgan fingerprint density at radius 3 is 2.88 bits per heavy atom. The molecule has 0 bridgehead atoms. The lowest BCUT2D eigenvalue weighted by Gasteiger charge is -2.30. The molecule has 1 saturated heterocycles. The summed E-state index contributed by atoms with van der Waals surface area (Å²) in [5.74, 6) is 0.304. The number of carbonyl (C=O) groups is 1. The lowest BCUT2D eigenvalue weighted by Crippen LogP contribution is -2.39. The molecule has 1 amide bonds.